The van der Waals surface area contributed by atoms with Crippen LogP contribution in [0.1, 0.15) is 53.4 Å². The van der Waals surface area contributed by atoms with Crippen molar-refractivity contribution >= 4 is 12.4 Å². The number of rotatable bonds is 0. The van der Waals surface area contributed by atoms with E-state index in [1.165, 1.54) is 25.7 Å². The van der Waals surface area contributed by atoms with Gasteiger partial charge in [0.25, 0.3) is 0 Å². The van der Waals surface area contributed by atoms with Gasteiger partial charge in [-0.05, 0) is 53.8 Å². The second kappa shape index (κ2) is 3.17. The molecule has 2 N–H and O–H groups in total. The van der Waals surface area contributed by atoms with E-state index in [1.54, 1.807) is 0 Å². The molecule has 3 aliphatic carbocycles. The van der Waals surface area contributed by atoms with Crippen molar-refractivity contribution in [1.82, 2.24) is 0 Å². The minimum absolute atomic E-state index is 0. The van der Waals surface area contributed by atoms with Crippen LogP contribution in [0.25, 0.3) is 0 Å². The Balaban J connectivity index is 0.000000963. The summed E-state index contributed by atoms with van der Waals surface area (Å²) >= 11 is 0. The molecule has 2 heteroatoms. The molecule has 1 nitrogen and oxygen atoms in total. The summed E-state index contributed by atoms with van der Waals surface area (Å²) in [6, 6.07) is 0.481. The van der Waals surface area contributed by atoms with Crippen molar-refractivity contribution in [2.75, 3.05) is 0 Å². The average molecular weight is 244 g/mol. The van der Waals surface area contributed by atoms with Gasteiger partial charge in [0, 0.05) is 6.04 Å². The van der Waals surface area contributed by atoms with Crippen LogP contribution >= 0.6 is 12.4 Å². The van der Waals surface area contributed by atoms with Gasteiger partial charge in [-0.1, -0.05) is 27.7 Å². The lowest BCUT2D eigenvalue weighted by Crippen LogP contribution is -2.70. The first-order valence-corrected chi connectivity index (χ1v) is 6.58. The first-order chi connectivity index (χ1) is 6.83. The van der Waals surface area contributed by atoms with Crippen molar-refractivity contribution in [2.24, 2.45) is 33.8 Å². The Bertz CT molecular complexity index is 290. The van der Waals surface area contributed by atoms with Crippen molar-refractivity contribution in [3.8, 4) is 0 Å². The van der Waals surface area contributed by atoms with Crippen LogP contribution in [0.15, 0.2) is 0 Å². The molecule has 1 spiro atoms. The average Bonchev–Trinajstić information content (AvgIpc) is 2.59. The summed E-state index contributed by atoms with van der Waals surface area (Å²) in [5.41, 5.74) is 8.04. The molecule has 3 unspecified atom stereocenters. The summed E-state index contributed by atoms with van der Waals surface area (Å²) in [6.45, 7) is 9.83. The Morgan fingerprint density at radius 2 is 1.56 bits per heavy atom. The molecule has 0 heterocycles. The Morgan fingerprint density at radius 1 is 1.00 bits per heavy atom. The number of hydrogen-bond donors (Lipinski definition) is 1. The third-order valence-corrected chi connectivity index (χ3v) is 6.27. The Morgan fingerprint density at radius 3 is 1.88 bits per heavy atom. The monoisotopic (exact) mass is 243 g/mol. The van der Waals surface area contributed by atoms with Crippen molar-refractivity contribution in [3.63, 3.8) is 0 Å². The van der Waals surface area contributed by atoms with Crippen LogP contribution in [0.2, 0.25) is 0 Å². The minimum atomic E-state index is 0. The van der Waals surface area contributed by atoms with Crippen LogP contribution in [0.4, 0.5) is 0 Å². The molecule has 0 radical (unpaired) electrons. The van der Waals surface area contributed by atoms with Gasteiger partial charge in [0.2, 0.25) is 0 Å². The summed E-state index contributed by atoms with van der Waals surface area (Å²) in [6.07, 6.45) is 5.63. The molecular formula is C14H26ClN. The van der Waals surface area contributed by atoms with Crippen LogP contribution in [0.3, 0.4) is 0 Å². The number of halogens is 1. The van der Waals surface area contributed by atoms with Gasteiger partial charge in [-0.3, -0.25) is 0 Å². The summed E-state index contributed by atoms with van der Waals surface area (Å²) in [7, 11) is 0. The van der Waals surface area contributed by atoms with Gasteiger partial charge >= 0.3 is 0 Å². The number of nitrogens with two attached hydrogens (primary N) is 1. The molecule has 3 saturated carbocycles. The number of hydrogen-bond acceptors (Lipinski definition) is 1. The van der Waals surface area contributed by atoms with Crippen molar-refractivity contribution < 1.29 is 0 Å². The first-order valence-electron chi connectivity index (χ1n) is 6.58. The molecule has 3 aliphatic rings. The lowest BCUT2D eigenvalue weighted by molar-refractivity contribution is -0.223. The van der Waals surface area contributed by atoms with Crippen LogP contribution in [0.5, 0.6) is 0 Å². The Labute approximate surface area is 106 Å². The molecule has 0 aromatic heterocycles. The minimum Gasteiger partial charge on any atom is -0.327 e. The molecule has 3 rings (SSSR count). The van der Waals surface area contributed by atoms with E-state index in [4.69, 9.17) is 5.73 Å². The maximum Gasteiger partial charge on any atom is 0.0137 e. The van der Waals surface area contributed by atoms with Gasteiger partial charge in [-0.2, -0.15) is 0 Å². The van der Waals surface area contributed by atoms with E-state index in [2.05, 4.69) is 27.7 Å². The van der Waals surface area contributed by atoms with Gasteiger partial charge in [0.1, 0.15) is 0 Å². The third kappa shape index (κ3) is 1.03. The molecule has 16 heavy (non-hydrogen) atoms. The fraction of sp³-hybridized carbons (Fsp3) is 1.00. The fourth-order valence-corrected chi connectivity index (χ4v) is 6.61. The zero-order valence-electron chi connectivity index (χ0n) is 11.0. The summed E-state index contributed by atoms with van der Waals surface area (Å²) in [5.74, 6) is 1.77. The third-order valence-electron chi connectivity index (χ3n) is 6.27. The fourth-order valence-electron chi connectivity index (χ4n) is 6.61. The summed E-state index contributed by atoms with van der Waals surface area (Å²) in [4.78, 5) is 0. The van der Waals surface area contributed by atoms with Gasteiger partial charge in [-0.15, -0.1) is 12.4 Å². The normalized spacial score (nSPS) is 45.2. The van der Waals surface area contributed by atoms with Crippen molar-refractivity contribution in [2.45, 2.75) is 59.4 Å². The maximum atomic E-state index is 6.61. The van der Waals surface area contributed by atoms with Crippen LogP contribution in [0, 0.1) is 28.1 Å². The summed E-state index contributed by atoms with van der Waals surface area (Å²) in [5, 5.41) is 0. The molecule has 0 aliphatic heterocycles. The molecule has 0 saturated heterocycles. The Hall–Kier alpha value is 0.250. The highest BCUT2D eigenvalue weighted by atomic mass is 35.5. The zero-order valence-corrected chi connectivity index (χ0v) is 11.9. The van der Waals surface area contributed by atoms with Gasteiger partial charge in [0.05, 0.1) is 0 Å². The van der Waals surface area contributed by atoms with E-state index >= 15 is 0 Å². The van der Waals surface area contributed by atoms with E-state index in [0.717, 1.165) is 11.8 Å². The molecule has 0 aromatic rings. The molecular weight excluding hydrogens is 218 g/mol. The largest absolute Gasteiger partial charge is 0.327 e. The highest BCUT2D eigenvalue weighted by Crippen LogP contribution is 2.78. The van der Waals surface area contributed by atoms with Gasteiger partial charge in [0.15, 0.2) is 0 Å². The standard InChI is InChI=1S/C14H25N.ClH/c1-12(2)8-13(3,4)14(12)10-6-5-9(7-10)11(14)15;/h9-11H,5-8,15H2,1-4H3;1H. The van der Waals surface area contributed by atoms with E-state index in [-0.39, 0.29) is 12.4 Å². The first kappa shape index (κ1) is 12.7. The molecule has 2 bridgehead atoms. The molecule has 3 atom stereocenters. The number of fused-ring (bicyclic) bond motifs is 3. The molecule has 0 aromatic carbocycles. The maximum absolute atomic E-state index is 6.61. The Kier molecular flexibility index (Phi) is 2.52. The van der Waals surface area contributed by atoms with Crippen LogP contribution in [-0.4, -0.2) is 6.04 Å². The van der Waals surface area contributed by atoms with Gasteiger partial charge < -0.3 is 5.73 Å². The highest BCUT2D eigenvalue weighted by molar-refractivity contribution is 5.85. The van der Waals surface area contributed by atoms with Crippen LogP contribution < -0.4 is 5.73 Å². The van der Waals surface area contributed by atoms with E-state index in [1.807, 2.05) is 0 Å². The van der Waals surface area contributed by atoms with E-state index in [0.29, 0.717) is 22.3 Å². The van der Waals surface area contributed by atoms with Crippen molar-refractivity contribution in [1.29, 1.82) is 0 Å². The van der Waals surface area contributed by atoms with Crippen LogP contribution in [-0.2, 0) is 0 Å². The second-order valence-electron chi connectivity index (χ2n) is 7.61. The predicted molar refractivity (Wildman–Crippen MR) is 70.7 cm³/mol. The SMILES string of the molecule is CC1(C)CC(C)(C)C12C1CCC(C1)C2N.Cl. The molecule has 0 amide bonds. The summed E-state index contributed by atoms with van der Waals surface area (Å²) < 4.78 is 0. The zero-order chi connectivity index (χ0) is 11.1. The van der Waals surface area contributed by atoms with Gasteiger partial charge in [-0.25, -0.2) is 0 Å². The second-order valence-corrected chi connectivity index (χ2v) is 7.61. The smallest absolute Gasteiger partial charge is 0.0137 e. The van der Waals surface area contributed by atoms with E-state index < -0.39 is 0 Å². The lowest BCUT2D eigenvalue weighted by Gasteiger charge is -2.72. The van der Waals surface area contributed by atoms with E-state index in [9.17, 15) is 0 Å². The lowest BCUT2D eigenvalue weighted by atomic mass is 9.33. The molecule has 3 fully saturated rings. The topological polar surface area (TPSA) is 26.0 Å². The molecule has 94 valence electrons. The quantitative estimate of drug-likeness (QED) is 0.691. The highest BCUT2D eigenvalue weighted by Gasteiger charge is 2.74. The predicted octanol–water partition coefficient (Wildman–Crippen LogP) is 3.61. The van der Waals surface area contributed by atoms with Crippen molar-refractivity contribution in [3.05, 3.63) is 0 Å².